The van der Waals surface area contributed by atoms with E-state index in [0.29, 0.717) is 50.0 Å². The largest absolute Gasteiger partial charge is 0.497 e. The summed E-state index contributed by atoms with van der Waals surface area (Å²) >= 11 is 6.21. The number of hydrogen-bond donors (Lipinski definition) is 3. The lowest BCUT2D eigenvalue weighted by Gasteiger charge is -2.33. The van der Waals surface area contributed by atoms with Crippen LogP contribution < -0.4 is 19.5 Å². The molecule has 0 saturated carbocycles. The lowest BCUT2D eigenvalue weighted by molar-refractivity contribution is 0.0950. The van der Waals surface area contributed by atoms with Gasteiger partial charge in [-0.3, -0.25) is 4.79 Å². The van der Waals surface area contributed by atoms with Crippen LogP contribution in [0.5, 0.6) is 17.2 Å². The van der Waals surface area contributed by atoms with Gasteiger partial charge in [-0.2, -0.15) is 0 Å². The maximum Gasteiger partial charge on any atom is 0.185 e. The third-order valence-corrected chi connectivity index (χ3v) is 6.15. The summed E-state index contributed by atoms with van der Waals surface area (Å²) in [4.78, 5) is 17.2. The van der Waals surface area contributed by atoms with E-state index < -0.39 is 11.3 Å². The number of ketones is 1. The Morgan fingerprint density at radius 1 is 1.11 bits per heavy atom. The summed E-state index contributed by atoms with van der Waals surface area (Å²) in [6, 6.07) is 14.4. The Morgan fingerprint density at radius 2 is 1.89 bits per heavy atom. The molecule has 4 aromatic rings. The lowest BCUT2D eigenvalue weighted by atomic mass is 9.66. The molecule has 0 aliphatic carbocycles. The summed E-state index contributed by atoms with van der Waals surface area (Å²) < 4.78 is 30.4. The minimum absolute atomic E-state index is 0.0969. The number of hydrogen-bond acceptors (Lipinski definition) is 6. The second kappa shape index (κ2) is 10.5. The first-order chi connectivity index (χ1) is 17.3. The van der Waals surface area contributed by atoms with E-state index in [2.05, 4.69) is 10.3 Å². The third kappa shape index (κ3) is 4.98. The van der Waals surface area contributed by atoms with Crippen molar-refractivity contribution < 1.29 is 28.5 Å². The highest BCUT2D eigenvalue weighted by Gasteiger charge is 2.39. The molecule has 3 aromatic carbocycles. The number of anilines is 1. The van der Waals surface area contributed by atoms with Gasteiger partial charge < -0.3 is 29.6 Å². The van der Waals surface area contributed by atoms with Crippen molar-refractivity contribution in [1.82, 2.24) is 4.98 Å². The number of Topliss-reactive ketones (excluding diaryl/α,β-unsaturated/α-hetero) is 1. The Balaban J connectivity index is 1.87. The number of aromatic amines is 1. The molecule has 0 spiro atoms. The van der Waals surface area contributed by atoms with Gasteiger partial charge in [-0.25, -0.2) is 4.39 Å². The van der Waals surface area contributed by atoms with Crippen molar-refractivity contribution in [3.05, 3.63) is 82.8 Å². The first kappa shape index (κ1) is 25.4. The smallest absolute Gasteiger partial charge is 0.185 e. The molecule has 1 heterocycles. The second-order valence-electron chi connectivity index (χ2n) is 8.29. The van der Waals surface area contributed by atoms with E-state index in [4.69, 9.17) is 30.9 Å². The fraction of sp³-hybridized carbons (Fsp3) is 0.192. The zero-order chi connectivity index (χ0) is 25.9. The van der Waals surface area contributed by atoms with E-state index in [1.54, 1.807) is 56.5 Å². The monoisotopic (exact) mass is 510 g/mol. The Hall–Kier alpha value is -3.69. The average Bonchev–Trinajstić information content (AvgIpc) is 3.29. The third-order valence-electron chi connectivity index (χ3n) is 5.91. The number of aliphatic hydroxyl groups is 1. The van der Waals surface area contributed by atoms with Gasteiger partial charge in [-0.05, 0) is 30.3 Å². The Kier molecular flexibility index (Phi) is 7.42. The number of benzene rings is 3. The number of halogens is 2. The number of methoxy groups -OCH3 is 2. The molecule has 10 heteroatoms. The van der Waals surface area contributed by atoms with Crippen LogP contribution in [0.3, 0.4) is 0 Å². The topological polar surface area (TPSA) is 92.8 Å². The number of carbonyl (C=O) groups is 1. The summed E-state index contributed by atoms with van der Waals surface area (Å²) in [5, 5.41) is 13.5. The molecule has 0 fully saturated rings. The van der Waals surface area contributed by atoms with Crippen molar-refractivity contribution in [1.29, 1.82) is 0 Å². The molecule has 1 atom stereocenters. The molecule has 1 aromatic heterocycles. The number of aromatic nitrogens is 1. The highest BCUT2D eigenvalue weighted by atomic mass is 35.5. The Labute approximate surface area is 213 Å². The molecule has 1 unspecified atom stereocenters. The number of carbonyl (C=O) groups excluding carboxylic acids is 1. The van der Waals surface area contributed by atoms with E-state index in [1.165, 1.54) is 26.4 Å². The first-order valence-corrected chi connectivity index (χ1v) is 11.5. The number of ether oxygens (including phenoxy) is 3. The second-order valence-corrected chi connectivity index (χ2v) is 8.72. The van der Waals surface area contributed by atoms with Crippen LogP contribution in [0, 0.1) is 5.82 Å². The van der Waals surface area contributed by atoms with Gasteiger partial charge >= 0.3 is 0 Å². The molecule has 0 radical (unpaired) electrons. The SMILES string of the molecule is BC(Nc1cc(OC)cc(OCCO)c1)(C(=O)c1c[nH]c2cc(F)ccc12)c1ccc(Cl)cc1OC. The predicted molar refractivity (Wildman–Crippen MR) is 140 cm³/mol. The number of rotatable bonds is 10. The summed E-state index contributed by atoms with van der Waals surface area (Å²) in [5.41, 5.74) is 0.582. The molecule has 7 nitrogen and oxygen atoms in total. The fourth-order valence-electron chi connectivity index (χ4n) is 4.18. The maximum atomic E-state index is 14.2. The van der Waals surface area contributed by atoms with Gasteiger partial charge in [0.05, 0.1) is 26.3 Å². The predicted octanol–water partition coefficient (Wildman–Crippen LogP) is 4.13. The summed E-state index contributed by atoms with van der Waals surface area (Å²) in [7, 11) is 4.75. The highest BCUT2D eigenvalue weighted by Crippen LogP contribution is 2.38. The van der Waals surface area contributed by atoms with Crippen LogP contribution in [-0.2, 0) is 5.44 Å². The van der Waals surface area contributed by atoms with Crippen LogP contribution in [0.25, 0.3) is 10.9 Å². The summed E-state index contributed by atoms with van der Waals surface area (Å²) in [6.07, 6.45) is 1.57. The molecular formula is C26H25BClFN2O5. The van der Waals surface area contributed by atoms with Gasteiger partial charge in [0.15, 0.2) is 13.6 Å². The van der Waals surface area contributed by atoms with Crippen molar-refractivity contribution in [2.45, 2.75) is 5.44 Å². The van der Waals surface area contributed by atoms with Crippen molar-refractivity contribution in [2.75, 3.05) is 32.8 Å². The zero-order valence-corrected chi connectivity index (χ0v) is 20.8. The summed E-state index contributed by atoms with van der Waals surface area (Å²) in [6.45, 7) is -0.0565. The van der Waals surface area contributed by atoms with Crippen molar-refractivity contribution >= 4 is 41.8 Å². The minimum atomic E-state index is -1.36. The van der Waals surface area contributed by atoms with Gasteiger partial charge in [0.25, 0.3) is 0 Å². The molecule has 0 saturated heterocycles. The van der Waals surface area contributed by atoms with Gasteiger partial charge in [0.1, 0.15) is 29.7 Å². The number of fused-ring (bicyclic) bond motifs is 1. The normalized spacial score (nSPS) is 12.7. The molecule has 0 aliphatic heterocycles. The fourth-order valence-corrected chi connectivity index (χ4v) is 4.34. The molecule has 0 amide bonds. The quantitative estimate of drug-likeness (QED) is 0.219. The zero-order valence-electron chi connectivity index (χ0n) is 20.0. The Morgan fingerprint density at radius 3 is 2.61 bits per heavy atom. The highest BCUT2D eigenvalue weighted by molar-refractivity contribution is 6.36. The number of H-pyrrole nitrogens is 1. The van der Waals surface area contributed by atoms with E-state index in [1.807, 2.05) is 0 Å². The molecule has 3 N–H and O–H groups in total. The van der Waals surface area contributed by atoms with E-state index in [0.717, 1.165) is 0 Å². The molecule has 186 valence electrons. The van der Waals surface area contributed by atoms with Crippen LogP contribution in [0.4, 0.5) is 10.1 Å². The van der Waals surface area contributed by atoms with Crippen molar-refractivity contribution in [3.8, 4) is 17.2 Å². The molecule has 0 aliphatic rings. The van der Waals surface area contributed by atoms with Crippen LogP contribution in [0.1, 0.15) is 15.9 Å². The van der Waals surface area contributed by atoms with Crippen molar-refractivity contribution in [3.63, 3.8) is 0 Å². The van der Waals surface area contributed by atoms with E-state index >= 15 is 0 Å². The van der Waals surface area contributed by atoms with Crippen LogP contribution >= 0.6 is 11.6 Å². The molecular weight excluding hydrogens is 486 g/mol. The van der Waals surface area contributed by atoms with Gasteiger partial charge in [0.2, 0.25) is 0 Å². The van der Waals surface area contributed by atoms with Gasteiger partial charge in [-0.1, -0.05) is 17.7 Å². The van der Waals surface area contributed by atoms with E-state index in [-0.39, 0.29) is 19.0 Å². The summed E-state index contributed by atoms with van der Waals surface area (Å²) in [5.74, 6) is 0.660. The van der Waals surface area contributed by atoms with Crippen LogP contribution in [0.2, 0.25) is 5.02 Å². The van der Waals surface area contributed by atoms with Gasteiger partial charge in [0, 0.05) is 57.1 Å². The molecule has 36 heavy (non-hydrogen) atoms. The van der Waals surface area contributed by atoms with Crippen molar-refractivity contribution in [2.24, 2.45) is 0 Å². The Bertz CT molecular complexity index is 1410. The maximum absolute atomic E-state index is 14.2. The van der Waals surface area contributed by atoms with Crippen LogP contribution in [-0.4, -0.2) is 51.2 Å². The minimum Gasteiger partial charge on any atom is -0.497 e. The lowest BCUT2D eigenvalue weighted by Crippen LogP contribution is -2.44. The van der Waals surface area contributed by atoms with Gasteiger partial charge in [-0.15, -0.1) is 0 Å². The standard InChI is InChI=1S/C26H25BClFN2O5/c1-34-18-11-17(12-19(13-18)36-8-7-32)31-26(27,22-6-3-15(28)9-24(22)35-2)25(33)21-14-30-23-10-16(29)4-5-20(21)23/h3-6,9-14,30-32H,7-8,27H2,1-2H3. The molecule has 0 bridgehead atoms. The number of aliphatic hydroxyl groups excluding tert-OH is 1. The average molecular weight is 511 g/mol. The number of nitrogens with one attached hydrogen (secondary N) is 2. The molecule has 4 rings (SSSR count). The van der Waals surface area contributed by atoms with E-state index in [9.17, 15) is 9.18 Å². The first-order valence-electron chi connectivity index (χ1n) is 11.2. The van der Waals surface area contributed by atoms with Crippen LogP contribution in [0.15, 0.2) is 60.8 Å².